The first-order valence-corrected chi connectivity index (χ1v) is 8.09. The Balaban J connectivity index is 1.66. The highest BCUT2D eigenvalue weighted by molar-refractivity contribution is 5.82. The summed E-state index contributed by atoms with van der Waals surface area (Å²) < 4.78 is 19.6. The zero-order valence-corrected chi connectivity index (χ0v) is 13.4. The summed E-state index contributed by atoms with van der Waals surface area (Å²) in [5.74, 6) is -0.436. The molecule has 2 aromatic rings. The molecular formula is C19H21FN2O2. The topological polar surface area (TPSA) is 55.6 Å². The summed E-state index contributed by atoms with van der Waals surface area (Å²) >= 11 is 0. The molecule has 126 valence electrons. The fourth-order valence-electron chi connectivity index (χ4n) is 2.96. The van der Waals surface area contributed by atoms with Gasteiger partial charge >= 0.3 is 0 Å². The third-order valence-electron chi connectivity index (χ3n) is 4.25. The number of carbonyl (C=O) groups is 1. The minimum atomic E-state index is -0.605. The Bertz CT molecular complexity index is 693. The fraction of sp³-hybridized carbons (Fsp3) is 0.316. The lowest BCUT2D eigenvalue weighted by Crippen LogP contribution is -2.50. The van der Waals surface area contributed by atoms with E-state index in [1.807, 2.05) is 30.3 Å². The number of amides is 1. The maximum absolute atomic E-state index is 13.9. The molecule has 2 N–H and O–H groups in total. The Hall–Kier alpha value is -2.24. The van der Waals surface area contributed by atoms with E-state index in [9.17, 15) is 9.18 Å². The van der Waals surface area contributed by atoms with Gasteiger partial charge in [0.25, 0.3) is 0 Å². The molecule has 0 aromatic heterocycles. The lowest BCUT2D eigenvalue weighted by molar-refractivity contribution is -0.140. The number of hydrogen-bond donors (Lipinski definition) is 1. The number of halogens is 1. The minimum Gasteiger partial charge on any atom is -0.370 e. The molecule has 0 saturated carbocycles. The monoisotopic (exact) mass is 328 g/mol. The van der Waals surface area contributed by atoms with Crippen molar-refractivity contribution in [3.05, 3.63) is 71.5 Å². The van der Waals surface area contributed by atoms with Crippen LogP contribution in [0, 0.1) is 5.82 Å². The van der Waals surface area contributed by atoms with Gasteiger partial charge in [0.1, 0.15) is 11.9 Å². The Morgan fingerprint density at radius 1 is 1.21 bits per heavy atom. The van der Waals surface area contributed by atoms with Crippen LogP contribution in [0.25, 0.3) is 0 Å². The first-order valence-electron chi connectivity index (χ1n) is 8.09. The number of benzene rings is 2. The smallest absolute Gasteiger partial charge is 0.240 e. The van der Waals surface area contributed by atoms with Gasteiger partial charge in [0.15, 0.2) is 0 Å². The van der Waals surface area contributed by atoms with Crippen LogP contribution in [0.15, 0.2) is 54.6 Å². The molecule has 3 rings (SSSR count). The lowest BCUT2D eigenvalue weighted by atomic mass is 10.0. The van der Waals surface area contributed by atoms with Crippen LogP contribution in [0.1, 0.15) is 17.2 Å². The number of carbonyl (C=O) groups excluding carboxylic acids is 1. The van der Waals surface area contributed by atoms with E-state index >= 15 is 0 Å². The second kappa shape index (κ2) is 7.55. The SMILES string of the molecule is N[C@H](Cc1ccccc1)C(=O)N1CCO[C@@H](c2ccccc2F)C1. The average Bonchev–Trinajstić information content (AvgIpc) is 2.62. The van der Waals surface area contributed by atoms with Gasteiger partial charge in [-0.15, -0.1) is 0 Å². The molecule has 0 bridgehead atoms. The molecule has 1 saturated heterocycles. The molecule has 1 aliphatic rings. The zero-order chi connectivity index (χ0) is 16.9. The molecule has 5 heteroatoms. The van der Waals surface area contributed by atoms with Crippen LogP contribution in [0.4, 0.5) is 4.39 Å². The van der Waals surface area contributed by atoms with Crippen LogP contribution >= 0.6 is 0 Å². The highest BCUT2D eigenvalue weighted by Gasteiger charge is 2.29. The van der Waals surface area contributed by atoms with E-state index in [4.69, 9.17) is 10.5 Å². The number of nitrogens with two attached hydrogens (primary N) is 1. The molecule has 0 unspecified atom stereocenters. The van der Waals surface area contributed by atoms with Crippen LogP contribution in [-0.2, 0) is 16.0 Å². The summed E-state index contributed by atoms with van der Waals surface area (Å²) in [6.45, 7) is 1.18. The van der Waals surface area contributed by atoms with Gasteiger partial charge in [0.2, 0.25) is 5.91 Å². The largest absolute Gasteiger partial charge is 0.370 e. The van der Waals surface area contributed by atoms with E-state index in [1.54, 1.807) is 23.1 Å². The predicted octanol–water partition coefficient (Wildman–Crippen LogP) is 2.30. The van der Waals surface area contributed by atoms with E-state index in [0.717, 1.165) is 5.56 Å². The average molecular weight is 328 g/mol. The normalized spacial score (nSPS) is 19.1. The maximum Gasteiger partial charge on any atom is 0.240 e. The molecule has 0 radical (unpaired) electrons. The van der Waals surface area contributed by atoms with Crippen molar-refractivity contribution < 1.29 is 13.9 Å². The second-order valence-corrected chi connectivity index (χ2v) is 5.96. The Morgan fingerprint density at radius 2 is 1.92 bits per heavy atom. The quantitative estimate of drug-likeness (QED) is 0.937. The molecule has 1 amide bonds. The first kappa shape index (κ1) is 16.6. The van der Waals surface area contributed by atoms with Gasteiger partial charge in [-0.25, -0.2) is 4.39 Å². The third-order valence-corrected chi connectivity index (χ3v) is 4.25. The van der Waals surface area contributed by atoms with Crippen molar-refractivity contribution >= 4 is 5.91 Å². The van der Waals surface area contributed by atoms with Gasteiger partial charge in [0.05, 0.1) is 19.2 Å². The molecule has 0 spiro atoms. The van der Waals surface area contributed by atoms with Crippen molar-refractivity contribution in [2.45, 2.75) is 18.6 Å². The summed E-state index contributed by atoms with van der Waals surface area (Å²) in [5.41, 5.74) is 7.59. The van der Waals surface area contributed by atoms with Crippen molar-refractivity contribution in [1.29, 1.82) is 0 Å². The number of rotatable bonds is 4. The van der Waals surface area contributed by atoms with E-state index in [-0.39, 0.29) is 11.7 Å². The van der Waals surface area contributed by atoms with Crippen LogP contribution in [-0.4, -0.2) is 36.5 Å². The Labute approximate surface area is 141 Å². The summed E-state index contributed by atoms with van der Waals surface area (Å²) in [4.78, 5) is 14.3. The molecule has 1 heterocycles. The van der Waals surface area contributed by atoms with Crippen molar-refractivity contribution in [1.82, 2.24) is 4.90 Å². The van der Waals surface area contributed by atoms with Crippen LogP contribution in [0.2, 0.25) is 0 Å². The summed E-state index contributed by atoms with van der Waals surface area (Å²) in [5, 5.41) is 0. The standard InChI is InChI=1S/C19H21FN2O2/c20-16-9-5-4-8-15(16)18-13-22(10-11-24-18)19(23)17(21)12-14-6-2-1-3-7-14/h1-9,17-18H,10-13,21H2/t17-,18-/m1/s1. The van der Waals surface area contributed by atoms with Crippen molar-refractivity contribution in [3.63, 3.8) is 0 Å². The number of morpholine rings is 1. The number of hydrogen-bond acceptors (Lipinski definition) is 3. The predicted molar refractivity (Wildman–Crippen MR) is 89.8 cm³/mol. The first-order chi connectivity index (χ1) is 11.6. The van der Waals surface area contributed by atoms with Gasteiger partial charge in [-0.1, -0.05) is 48.5 Å². The second-order valence-electron chi connectivity index (χ2n) is 5.96. The Morgan fingerprint density at radius 3 is 2.67 bits per heavy atom. The highest BCUT2D eigenvalue weighted by Crippen LogP contribution is 2.24. The van der Waals surface area contributed by atoms with E-state index in [1.165, 1.54) is 6.07 Å². The van der Waals surface area contributed by atoms with Crippen molar-refractivity contribution in [2.75, 3.05) is 19.7 Å². The molecular weight excluding hydrogens is 307 g/mol. The summed E-state index contributed by atoms with van der Waals surface area (Å²) in [6, 6.07) is 15.6. The van der Waals surface area contributed by atoms with Gasteiger partial charge in [-0.3, -0.25) is 4.79 Å². The van der Waals surface area contributed by atoms with Crippen LogP contribution in [0.3, 0.4) is 0 Å². The van der Waals surface area contributed by atoms with Gasteiger partial charge in [0, 0.05) is 12.1 Å². The number of nitrogens with zero attached hydrogens (tertiary/aromatic N) is 1. The van der Waals surface area contributed by atoms with Crippen molar-refractivity contribution in [2.24, 2.45) is 5.73 Å². The van der Waals surface area contributed by atoms with Gasteiger partial charge in [-0.05, 0) is 18.1 Å². The maximum atomic E-state index is 13.9. The number of ether oxygens (including phenoxy) is 1. The van der Waals surface area contributed by atoms with Gasteiger partial charge in [-0.2, -0.15) is 0 Å². The molecule has 2 atom stereocenters. The molecule has 24 heavy (non-hydrogen) atoms. The van der Waals surface area contributed by atoms with Crippen LogP contribution in [0.5, 0.6) is 0 Å². The van der Waals surface area contributed by atoms with Gasteiger partial charge < -0.3 is 15.4 Å². The minimum absolute atomic E-state index is 0.122. The van der Waals surface area contributed by atoms with E-state index in [0.29, 0.717) is 31.7 Å². The highest BCUT2D eigenvalue weighted by atomic mass is 19.1. The molecule has 1 fully saturated rings. The summed E-state index contributed by atoms with van der Waals surface area (Å²) in [7, 11) is 0. The summed E-state index contributed by atoms with van der Waals surface area (Å²) in [6.07, 6.45) is 0.0364. The zero-order valence-electron chi connectivity index (χ0n) is 13.4. The van der Waals surface area contributed by atoms with Crippen LogP contribution < -0.4 is 5.73 Å². The molecule has 2 aromatic carbocycles. The van der Waals surface area contributed by atoms with E-state index in [2.05, 4.69) is 0 Å². The van der Waals surface area contributed by atoms with Crippen molar-refractivity contribution in [3.8, 4) is 0 Å². The molecule has 0 aliphatic carbocycles. The molecule has 1 aliphatic heterocycles. The fourth-order valence-corrected chi connectivity index (χ4v) is 2.96. The third kappa shape index (κ3) is 3.80. The van der Waals surface area contributed by atoms with E-state index < -0.39 is 12.1 Å². The lowest BCUT2D eigenvalue weighted by Gasteiger charge is -2.34. The molecule has 4 nitrogen and oxygen atoms in total. The Kier molecular flexibility index (Phi) is 5.23.